The van der Waals surface area contributed by atoms with Crippen molar-refractivity contribution in [1.82, 2.24) is 4.98 Å². The molecule has 0 bridgehead atoms. The second-order valence-electron chi connectivity index (χ2n) is 4.47. The van der Waals surface area contributed by atoms with E-state index in [1.165, 1.54) is 5.56 Å². The molecule has 3 N–H and O–H groups in total. The number of rotatable bonds is 3. The summed E-state index contributed by atoms with van der Waals surface area (Å²) in [5, 5.41) is 2.77. The fourth-order valence-electron chi connectivity index (χ4n) is 1.73. The number of nitrogens with one attached hydrogen (secondary N) is 1. The maximum atomic E-state index is 12.1. The van der Waals surface area contributed by atoms with Crippen molar-refractivity contribution in [2.45, 2.75) is 20.4 Å². The van der Waals surface area contributed by atoms with E-state index in [0.29, 0.717) is 17.9 Å². The van der Waals surface area contributed by atoms with Gasteiger partial charge in [-0.25, -0.2) is 4.98 Å². The molecule has 1 aromatic carbocycles. The largest absolute Gasteiger partial charge is 0.325 e. The van der Waals surface area contributed by atoms with Gasteiger partial charge in [0, 0.05) is 12.1 Å². The molecule has 0 saturated heterocycles. The number of nitrogens with two attached hydrogens (primary N) is 1. The van der Waals surface area contributed by atoms with E-state index in [2.05, 4.69) is 10.3 Å². The number of hydrogen-bond acceptors (Lipinski definition) is 3. The van der Waals surface area contributed by atoms with Gasteiger partial charge in [0.05, 0.1) is 5.69 Å². The number of pyridine rings is 1. The van der Waals surface area contributed by atoms with Gasteiger partial charge in [-0.3, -0.25) is 4.79 Å². The van der Waals surface area contributed by atoms with Gasteiger partial charge in [-0.05, 0) is 49.2 Å². The Morgan fingerprint density at radius 2 is 2.00 bits per heavy atom. The molecule has 0 radical (unpaired) electrons. The van der Waals surface area contributed by atoms with Crippen LogP contribution in [-0.4, -0.2) is 10.9 Å². The number of nitrogens with zero attached hydrogens (tertiary/aromatic N) is 1. The molecule has 2 rings (SSSR count). The average Bonchev–Trinajstić information content (AvgIpc) is 2.42. The molecule has 0 aliphatic rings. The van der Waals surface area contributed by atoms with Crippen LogP contribution in [0.2, 0.25) is 0 Å². The SMILES string of the molecule is Cc1ccc(C(=O)Nc2cccc(CN)n2)cc1C. The van der Waals surface area contributed by atoms with E-state index in [1.54, 1.807) is 6.07 Å². The Bertz CT molecular complexity index is 608. The van der Waals surface area contributed by atoms with Crippen molar-refractivity contribution in [1.29, 1.82) is 0 Å². The van der Waals surface area contributed by atoms with Crippen LogP contribution in [0.15, 0.2) is 36.4 Å². The first-order valence-electron chi connectivity index (χ1n) is 6.15. The van der Waals surface area contributed by atoms with Gasteiger partial charge in [-0.15, -0.1) is 0 Å². The number of benzene rings is 1. The smallest absolute Gasteiger partial charge is 0.256 e. The Morgan fingerprint density at radius 3 is 2.68 bits per heavy atom. The second kappa shape index (κ2) is 5.63. The first-order chi connectivity index (χ1) is 9.10. The molecule has 1 heterocycles. The molecule has 0 aliphatic heterocycles. The Morgan fingerprint density at radius 1 is 1.21 bits per heavy atom. The number of carbonyl (C=O) groups is 1. The highest BCUT2D eigenvalue weighted by Crippen LogP contribution is 2.12. The average molecular weight is 255 g/mol. The maximum Gasteiger partial charge on any atom is 0.256 e. The van der Waals surface area contributed by atoms with Crippen LogP contribution in [0.1, 0.15) is 27.2 Å². The molecule has 0 saturated carbocycles. The van der Waals surface area contributed by atoms with Crippen molar-refractivity contribution >= 4 is 11.7 Å². The van der Waals surface area contributed by atoms with Crippen LogP contribution in [0.4, 0.5) is 5.82 Å². The van der Waals surface area contributed by atoms with E-state index >= 15 is 0 Å². The summed E-state index contributed by atoms with van der Waals surface area (Å²) in [5.41, 5.74) is 9.16. The quantitative estimate of drug-likeness (QED) is 0.885. The Hall–Kier alpha value is -2.20. The van der Waals surface area contributed by atoms with Gasteiger partial charge in [0.25, 0.3) is 5.91 Å². The maximum absolute atomic E-state index is 12.1. The summed E-state index contributed by atoms with van der Waals surface area (Å²) in [6.07, 6.45) is 0. The number of anilines is 1. The lowest BCUT2D eigenvalue weighted by atomic mass is 10.1. The molecule has 19 heavy (non-hydrogen) atoms. The molecule has 4 nitrogen and oxygen atoms in total. The minimum absolute atomic E-state index is 0.162. The van der Waals surface area contributed by atoms with Crippen molar-refractivity contribution in [3.8, 4) is 0 Å². The van der Waals surface area contributed by atoms with E-state index in [4.69, 9.17) is 5.73 Å². The fourth-order valence-corrected chi connectivity index (χ4v) is 1.73. The Labute approximate surface area is 112 Å². The van der Waals surface area contributed by atoms with Crippen LogP contribution >= 0.6 is 0 Å². The zero-order valence-electron chi connectivity index (χ0n) is 11.1. The van der Waals surface area contributed by atoms with Crippen molar-refractivity contribution in [2.75, 3.05) is 5.32 Å². The minimum Gasteiger partial charge on any atom is -0.325 e. The molecule has 4 heteroatoms. The standard InChI is InChI=1S/C15H17N3O/c1-10-6-7-12(8-11(10)2)15(19)18-14-5-3-4-13(9-16)17-14/h3-8H,9,16H2,1-2H3,(H,17,18,19). The number of aromatic nitrogens is 1. The summed E-state index contributed by atoms with van der Waals surface area (Å²) in [4.78, 5) is 16.3. The summed E-state index contributed by atoms with van der Waals surface area (Å²) in [6, 6.07) is 11.0. The molecule has 1 amide bonds. The molecule has 98 valence electrons. The lowest BCUT2D eigenvalue weighted by molar-refractivity contribution is 0.102. The molecular weight excluding hydrogens is 238 g/mol. The monoisotopic (exact) mass is 255 g/mol. The third-order valence-electron chi connectivity index (χ3n) is 3.03. The van der Waals surface area contributed by atoms with E-state index in [0.717, 1.165) is 11.3 Å². The van der Waals surface area contributed by atoms with Crippen LogP contribution in [0.25, 0.3) is 0 Å². The van der Waals surface area contributed by atoms with E-state index in [9.17, 15) is 4.79 Å². The minimum atomic E-state index is -0.162. The molecule has 0 atom stereocenters. The molecular formula is C15H17N3O. The Balaban J connectivity index is 2.18. The molecule has 0 aliphatic carbocycles. The van der Waals surface area contributed by atoms with Crippen LogP contribution in [0.3, 0.4) is 0 Å². The van der Waals surface area contributed by atoms with E-state index < -0.39 is 0 Å². The first kappa shape index (κ1) is 13.2. The van der Waals surface area contributed by atoms with Crippen molar-refractivity contribution < 1.29 is 4.79 Å². The van der Waals surface area contributed by atoms with Crippen molar-refractivity contribution in [3.63, 3.8) is 0 Å². The molecule has 2 aromatic rings. The summed E-state index contributed by atoms with van der Waals surface area (Å²) in [7, 11) is 0. The van der Waals surface area contributed by atoms with Crippen molar-refractivity contribution in [3.05, 3.63) is 58.8 Å². The number of hydrogen-bond donors (Lipinski definition) is 2. The topological polar surface area (TPSA) is 68.0 Å². The lowest BCUT2D eigenvalue weighted by Gasteiger charge is -2.07. The zero-order chi connectivity index (χ0) is 13.8. The van der Waals surface area contributed by atoms with Crippen molar-refractivity contribution in [2.24, 2.45) is 5.73 Å². The predicted molar refractivity (Wildman–Crippen MR) is 76.0 cm³/mol. The summed E-state index contributed by atoms with van der Waals surface area (Å²) in [5.74, 6) is 0.357. The van der Waals surface area contributed by atoms with E-state index in [1.807, 2.05) is 44.2 Å². The third kappa shape index (κ3) is 3.17. The summed E-state index contributed by atoms with van der Waals surface area (Å²) in [6.45, 7) is 4.36. The van der Waals surface area contributed by atoms with Gasteiger partial charge >= 0.3 is 0 Å². The highest BCUT2D eigenvalue weighted by molar-refractivity contribution is 6.03. The third-order valence-corrected chi connectivity index (χ3v) is 3.03. The number of aryl methyl sites for hydroxylation is 2. The normalized spacial score (nSPS) is 10.3. The lowest BCUT2D eigenvalue weighted by Crippen LogP contribution is -2.14. The van der Waals surface area contributed by atoms with E-state index in [-0.39, 0.29) is 5.91 Å². The van der Waals surface area contributed by atoms with Gasteiger partial charge in [0.15, 0.2) is 0 Å². The van der Waals surface area contributed by atoms with Gasteiger partial charge < -0.3 is 11.1 Å². The summed E-state index contributed by atoms with van der Waals surface area (Å²) < 4.78 is 0. The summed E-state index contributed by atoms with van der Waals surface area (Å²) >= 11 is 0. The first-order valence-corrected chi connectivity index (χ1v) is 6.15. The van der Waals surface area contributed by atoms with Crippen LogP contribution in [-0.2, 0) is 6.54 Å². The predicted octanol–water partition coefficient (Wildman–Crippen LogP) is 2.41. The zero-order valence-corrected chi connectivity index (χ0v) is 11.1. The van der Waals surface area contributed by atoms with Gasteiger partial charge in [-0.2, -0.15) is 0 Å². The van der Waals surface area contributed by atoms with Crippen LogP contribution < -0.4 is 11.1 Å². The van der Waals surface area contributed by atoms with Crippen LogP contribution in [0, 0.1) is 13.8 Å². The molecule has 0 unspecified atom stereocenters. The second-order valence-corrected chi connectivity index (χ2v) is 4.47. The van der Waals surface area contributed by atoms with Gasteiger partial charge in [-0.1, -0.05) is 12.1 Å². The number of carbonyl (C=O) groups excluding carboxylic acids is 1. The molecule has 1 aromatic heterocycles. The highest BCUT2D eigenvalue weighted by atomic mass is 16.1. The van der Waals surface area contributed by atoms with Crippen LogP contribution in [0.5, 0.6) is 0 Å². The Kier molecular flexibility index (Phi) is 3.92. The fraction of sp³-hybridized carbons (Fsp3) is 0.200. The van der Waals surface area contributed by atoms with Gasteiger partial charge in [0.2, 0.25) is 0 Å². The molecule has 0 spiro atoms. The number of amides is 1. The highest BCUT2D eigenvalue weighted by Gasteiger charge is 2.08. The molecule has 0 fully saturated rings. The van der Waals surface area contributed by atoms with Gasteiger partial charge in [0.1, 0.15) is 5.82 Å².